The average Bonchev–Trinajstić information content (AvgIpc) is 3.49. The number of benzene rings is 1. The van der Waals surface area contributed by atoms with E-state index in [1.54, 1.807) is 0 Å². The summed E-state index contributed by atoms with van der Waals surface area (Å²) in [5, 5.41) is 24.4. The Morgan fingerprint density at radius 1 is 1.34 bits per heavy atom. The van der Waals surface area contributed by atoms with Gasteiger partial charge in [0.1, 0.15) is 5.75 Å². The molecule has 4 aliphatic rings. The van der Waals surface area contributed by atoms with Gasteiger partial charge in [0.25, 0.3) is 0 Å². The van der Waals surface area contributed by atoms with E-state index in [4.69, 9.17) is 0 Å². The smallest absolute Gasteiger partial charge is 0.222 e. The summed E-state index contributed by atoms with van der Waals surface area (Å²) in [5.41, 5.74) is 2.49. The number of likely N-dealkylation sites (tertiary alicyclic amines) is 1. The number of nitrogens with zero attached hydrogens (tertiary/aromatic N) is 1. The van der Waals surface area contributed by atoms with Crippen LogP contribution in [0, 0.1) is 17.8 Å². The molecule has 3 N–H and O–H groups in total. The topological polar surface area (TPSA) is 72.8 Å². The van der Waals surface area contributed by atoms with Crippen molar-refractivity contribution in [1.29, 1.82) is 0 Å². The van der Waals surface area contributed by atoms with Gasteiger partial charge in [-0.1, -0.05) is 19.9 Å². The van der Waals surface area contributed by atoms with Crippen molar-refractivity contribution < 1.29 is 15.0 Å². The monoisotopic (exact) mass is 398 g/mol. The summed E-state index contributed by atoms with van der Waals surface area (Å²) in [4.78, 5) is 15.1. The molecule has 5 heteroatoms. The summed E-state index contributed by atoms with van der Waals surface area (Å²) >= 11 is 0. The number of rotatable bonds is 4. The molecule has 1 saturated heterocycles. The van der Waals surface area contributed by atoms with Crippen LogP contribution in [0.1, 0.15) is 57.1 Å². The van der Waals surface area contributed by atoms with Gasteiger partial charge in [-0.05, 0) is 80.2 Å². The first-order valence-electron chi connectivity index (χ1n) is 11.4. The van der Waals surface area contributed by atoms with Gasteiger partial charge in [-0.3, -0.25) is 9.69 Å². The SMILES string of the molecule is CC(C)C(=O)NC1CC2C3Cc4ccc(O)cc4C2(CCN3CC2CC2)CC1O. The molecule has 1 aromatic rings. The number of aliphatic hydroxyl groups excluding tert-OH is 1. The molecule has 0 radical (unpaired) electrons. The Bertz CT molecular complexity index is 805. The number of phenols is 1. The highest BCUT2D eigenvalue weighted by molar-refractivity contribution is 5.78. The van der Waals surface area contributed by atoms with Crippen LogP contribution in [0.5, 0.6) is 5.75 Å². The minimum atomic E-state index is -0.544. The van der Waals surface area contributed by atoms with Gasteiger partial charge in [0, 0.05) is 23.9 Å². The van der Waals surface area contributed by atoms with Crippen LogP contribution in [0.2, 0.25) is 0 Å². The summed E-state index contributed by atoms with van der Waals surface area (Å²) in [6.07, 6.45) is 5.70. The van der Waals surface area contributed by atoms with Crippen molar-refractivity contribution in [3.05, 3.63) is 29.3 Å². The van der Waals surface area contributed by atoms with Crippen LogP contribution in [0.25, 0.3) is 0 Å². The molecule has 5 atom stereocenters. The lowest BCUT2D eigenvalue weighted by atomic mass is 9.51. The lowest BCUT2D eigenvalue weighted by Gasteiger charge is -2.61. The summed E-state index contributed by atoms with van der Waals surface area (Å²) in [5.74, 6) is 1.53. The lowest BCUT2D eigenvalue weighted by molar-refractivity contribution is -0.128. The van der Waals surface area contributed by atoms with Gasteiger partial charge in [0.15, 0.2) is 0 Å². The molecule has 29 heavy (non-hydrogen) atoms. The van der Waals surface area contributed by atoms with Gasteiger partial charge in [0.2, 0.25) is 5.91 Å². The second-order valence-corrected chi connectivity index (χ2v) is 10.3. The van der Waals surface area contributed by atoms with Crippen molar-refractivity contribution in [3.8, 4) is 5.75 Å². The fourth-order valence-corrected chi connectivity index (χ4v) is 6.41. The summed E-state index contributed by atoms with van der Waals surface area (Å²) < 4.78 is 0. The third-order valence-electron chi connectivity index (χ3n) is 8.13. The number of nitrogens with one attached hydrogen (secondary N) is 1. The van der Waals surface area contributed by atoms with Crippen LogP contribution in [0.3, 0.4) is 0 Å². The molecule has 2 saturated carbocycles. The molecule has 5 rings (SSSR count). The van der Waals surface area contributed by atoms with Gasteiger partial charge < -0.3 is 15.5 Å². The number of hydrogen-bond acceptors (Lipinski definition) is 4. The molecule has 1 aliphatic heterocycles. The number of phenolic OH excluding ortho intramolecular Hbond substituents is 1. The van der Waals surface area contributed by atoms with Gasteiger partial charge in [-0.25, -0.2) is 0 Å². The van der Waals surface area contributed by atoms with Crippen LogP contribution in [0.15, 0.2) is 18.2 Å². The van der Waals surface area contributed by atoms with Crippen molar-refractivity contribution >= 4 is 5.91 Å². The molecular weight excluding hydrogens is 364 g/mol. The normalized spacial score (nSPS) is 36.4. The van der Waals surface area contributed by atoms with E-state index >= 15 is 0 Å². The minimum absolute atomic E-state index is 0.0267. The fourth-order valence-electron chi connectivity index (χ4n) is 6.41. The van der Waals surface area contributed by atoms with E-state index in [0.29, 0.717) is 24.1 Å². The Balaban J connectivity index is 1.50. The van der Waals surface area contributed by atoms with E-state index in [-0.39, 0.29) is 23.3 Å². The Morgan fingerprint density at radius 2 is 2.14 bits per heavy atom. The van der Waals surface area contributed by atoms with E-state index in [1.807, 2.05) is 26.0 Å². The molecular formula is C24H34N2O3. The highest BCUT2D eigenvalue weighted by Crippen LogP contribution is 2.56. The third-order valence-corrected chi connectivity index (χ3v) is 8.13. The molecule has 1 aromatic carbocycles. The van der Waals surface area contributed by atoms with E-state index in [2.05, 4.69) is 16.3 Å². The number of carbonyl (C=O) groups excluding carboxylic acids is 1. The Labute approximate surface area is 173 Å². The van der Waals surface area contributed by atoms with Crippen LogP contribution >= 0.6 is 0 Å². The van der Waals surface area contributed by atoms with Gasteiger partial charge in [-0.15, -0.1) is 0 Å². The molecule has 3 fully saturated rings. The average molecular weight is 399 g/mol. The van der Waals surface area contributed by atoms with Crippen molar-refractivity contribution in [2.75, 3.05) is 13.1 Å². The number of carbonyl (C=O) groups is 1. The second kappa shape index (κ2) is 6.98. The minimum Gasteiger partial charge on any atom is -0.508 e. The number of aliphatic hydroxyl groups is 1. The zero-order chi connectivity index (χ0) is 20.3. The van der Waals surface area contributed by atoms with Gasteiger partial charge >= 0.3 is 0 Å². The fraction of sp³-hybridized carbons (Fsp3) is 0.708. The second-order valence-electron chi connectivity index (χ2n) is 10.3. The first kappa shape index (κ1) is 19.4. The van der Waals surface area contributed by atoms with Gasteiger partial charge in [-0.2, -0.15) is 0 Å². The molecule has 1 heterocycles. The molecule has 0 aromatic heterocycles. The zero-order valence-electron chi connectivity index (χ0n) is 17.6. The van der Waals surface area contributed by atoms with Crippen LogP contribution in [-0.2, 0) is 16.6 Å². The number of hydrogen-bond donors (Lipinski definition) is 3. The number of piperidine rings is 1. The van der Waals surface area contributed by atoms with Crippen molar-refractivity contribution in [2.24, 2.45) is 17.8 Å². The lowest BCUT2D eigenvalue weighted by Crippen LogP contribution is -2.66. The quantitative estimate of drug-likeness (QED) is 0.729. The standard InChI is InChI=1S/C24H34N2O3/c1-14(2)23(29)25-20-11-19-21-9-16-5-6-17(27)10-18(16)24(19,12-22(20)28)7-8-26(21)13-15-3-4-15/h5-6,10,14-15,19-22,27-28H,3-4,7-9,11-13H2,1-2H3,(H,25,29). The van der Waals surface area contributed by atoms with E-state index in [9.17, 15) is 15.0 Å². The third kappa shape index (κ3) is 3.27. The van der Waals surface area contributed by atoms with Crippen molar-refractivity contribution in [2.45, 2.75) is 76.0 Å². The largest absolute Gasteiger partial charge is 0.508 e. The van der Waals surface area contributed by atoms with E-state index < -0.39 is 6.10 Å². The summed E-state index contributed by atoms with van der Waals surface area (Å²) in [6.45, 7) is 6.06. The molecule has 1 amide bonds. The number of aromatic hydroxyl groups is 1. The molecule has 158 valence electrons. The Hall–Kier alpha value is -1.59. The van der Waals surface area contributed by atoms with Crippen molar-refractivity contribution in [1.82, 2.24) is 10.2 Å². The van der Waals surface area contributed by atoms with Crippen LogP contribution in [-0.4, -0.2) is 52.3 Å². The first-order valence-corrected chi connectivity index (χ1v) is 11.4. The van der Waals surface area contributed by atoms with Crippen molar-refractivity contribution in [3.63, 3.8) is 0 Å². The Kier molecular flexibility index (Phi) is 4.67. The molecule has 5 nitrogen and oxygen atoms in total. The van der Waals surface area contributed by atoms with Crippen LogP contribution < -0.4 is 5.32 Å². The maximum Gasteiger partial charge on any atom is 0.222 e. The maximum absolute atomic E-state index is 12.4. The highest BCUT2D eigenvalue weighted by Gasteiger charge is 2.57. The maximum atomic E-state index is 12.4. The van der Waals surface area contributed by atoms with Gasteiger partial charge in [0.05, 0.1) is 12.1 Å². The number of fused-ring (bicyclic) bond motifs is 1. The van der Waals surface area contributed by atoms with Crippen LogP contribution in [0.4, 0.5) is 0 Å². The van der Waals surface area contributed by atoms with E-state index in [1.165, 1.54) is 30.5 Å². The molecule has 0 spiro atoms. The summed E-state index contributed by atoms with van der Waals surface area (Å²) in [6, 6.07) is 6.14. The number of amides is 1. The molecule has 5 unspecified atom stereocenters. The highest BCUT2D eigenvalue weighted by atomic mass is 16.3. The first-order chi connectivity index (χ1) is 13.9. The Morgan fingerprint density at radius 3 is 2.86 bits per heavy atom. The predicted molar refractivity (Wildman–Crippen MR) is 112 cm³/mol. The summed E-state index contributed by atoms with van der Waals surface area (Å²) in [7, 11) is 0. The zero-order valence-corrected chi connectivity index (χ0v) is 17.6. The molecule has 2 bridgehead atoms. The van der Waals surface area contributed by atoms with E-state index in [0.717, 1.165) is 31.7 Å². The molecule has 3 aliphatic carbocycles. The predicted octanol–water partition coefficient (Wildman–Crippen LogP) is 2.58.